The van der Waals surface area contributed by atoms with Gasteiger partial charge in [0.1, 0.15) is 11.5 Å². The van der Waals surface area contributed by atoms with Gasteiger partial charge in [0.2, 0.25) is 0 Å². The van der Waals surface area contributed by atoms with E-state index in [1.807, 2.05) is 6.07 Å². The summed E-state index contributed by atoms with van der Waals surface area (Å²) in [6.07, 6.45) is 0. The average Bonchev–Trinajstić information content (AvgIpc) is 3.50. The van der Waals surface area contributed by atoms with Gasteiger partial charge in [-0.3, -0.25) is 0 Å². The highest BCUT2D eigenvalue weighted by atomic mass is 16.5. The zero-order chi connectivity index (χ0) is 34.0. The van der Waals surface area contributed by atoms with E-state index < -0.39 is 5.41 Å². The van der Waals surface area contributed by atoms with Crippen molar-refractivity contribution in [2.75, 3.05) is 0 Å². The molecule has 0 saturated carbocycles. The van der Waals surface area contributed by atoms with Crippen LogP contribution < -0.4 is 4.74 Å². The number of hydrogen-bond donors (Lipinski definition) is 0. The summed E-state index contributed by atoms with van der Waals surface area (Å²) in [4.78, 5) is 0. The molecule has 1 spiro atoms. The third-order valence-electron chi connectivity index (χ3n) is 11.9. The van der Waals surface area contributed by atoms with Gasteiger partial charge in [0, 0.05) is 10.9 Å². The Bertz CT molecular complexity index is 3000. The first kappa shape index (κ1) is 28.0. The predicted molar refractivity (Wildman–Crippen MR) is 214 cm³/mol. The second-order valence-electron chi connectivity index (χ2n) is 14.3. The van der Waals surface area contributed by atoms with Crippen molar-refractivity contribution in [2.45, 2.75) is 5.41 Å². The van der Waals surface area contributed by atoms with Crippen LogP contribution in [0.2, 0.25) is 0 Å². The van der Waals surface area contributed by atoms with Crippen molar-refractivity contribution in [2.24, 2.45) is 0 Å². The number of hydrogen-bond acceptors (Lipinski definition) is 1. The SMILES string of the molecule is c1cc(-c2ccc3c(c2)C2(c4ccccc4-3)c3ccccc3-c3cccc4cccc2c34)cc(-c2ccc3c4c(cccc24)-c2ccccc2O3)c1. The van der Waals surface area contributed by atoms with E-state index in [-0.39, 0.29) is 0 Å². The van der Waals surface area contributed by atoms with Gasteiger partial charge in [-0.2, -0.15) is 0 Å². The van der Waals surface area contributed by atoms with Crippen LogP contribution >= 0.6 is 0 Å². The molecule has 52 heavy (non-hydrogen) atoms. The summed E-state index contributed by atoms with van der Waals surface area (Å²) in [5, 5.41) is 5.02. The van der Waals surface area contributed by atoms with Crippen LogP contribution in [0.15, 0.2) is 182 Å². The van der Waals surface area contributed by atoms with E-state index in [1.54, 1.807) is 0 Å². The van der Waals surface area contributed by atoms with Gasteiger partial charge < -0.3 is 4.74 Å². The van der Waals surface area contributed by atoms with Crippen molar-refractivity contribution in [3.8, 4) is 67.1 Å². The lowest BCUT2D eigenvalue weighted by molar-refractivity contribution is 0.487. The van der Waals surface area contributed by atoms with Gasteiger partial charge >= 0.3 is 0 Å². The number of benzene rings is 9. The molecule has 0 aromatic heterocycles. The molecule has 0 N–H and O–H groups in total. The lowest BCUT2D eigenvalue weighted by Gasteiger charge is -2.40. The first-order valence-electron chi connectivity index (χ1n) is 18.1. The molecule has 0 fully saturated rings. The highest BCUT2D eigenvalue weighted by Gasteiger charge is 2.50. The standard InChI is InChI=1S/C51H30O/c1-4-21-43-36(15-1)38-26-25-33(30-46(38)51(43)44-22-5-2-16-37(44)41-18-8-11-31-12-9-23-45(51)49(31)41)32-13-7-14-34(29-32)35-27-28-48-50-40(35)19-10-20-42(50)39-17-3-6-24-47(39)52-48/h1-30H. The Kier molecular flexibility index (Phi) is 5.49. The Morgan fingerprint density at radius 3 is 1.73 bits per heavy atom. The molecular formula is C51H30O. The third kappa shape index (κ3) is 3.52. The Morgan fingerprint density at radius 1 is 0.308 bits per heavy atom. The van der Waals surface area contributed by atoms with Gasteiger partial charge in [-0.05, 0) is 113 Å². The minimum atomic E-state index is -0.434. The van der Waals surface area contributed by atoms with Crippen molar-refractivity contribution in [3.05, 3.63) is 204 Å². The minimum Gasteiger partial charge on any atom is -0.456 e. The highest BCUT2D eigenvalue weighted by Crippen LogP contribution is 2.62. The van der Waals surface area contributed by atoms with Crippen LogP contribution in [0.3, 0.4) is 0 Å². The van der Waals surface area contributed by atoms with Crippen LogP contribution in [0.4, 0.5) is 0 Å². The molecule has 1 nitrogen and oxygen atoms in total. The van der Waals surface area contributed by atoms with Crippen LogP contribution in [-0.2, 0) is 5.41 Å². The van der Waals surface area contributed by atoms with Crippen LogP contribution in [0.1, 0.15) is 22.3 Å². The van der Waals surface area contributed by atoms with Crippen molar-refractivity contribution in [1.29, 1.82) is 0 Å². The van der Waals surface area contributed by atoms with E-state index in [4.69, 9.17) is 4.74 Å². The largest absolute Gasteiger partial charge is 0.456 e. The molecule has 12 rings (SSSR count). The smallest absolute Gasteiger partial charge is 0.135 e. The molecule has 1 heteroatoms. The lowest BCUT2D eigenvalue weighted by atomic mass is 9.61. The Hall–Kier alpha value is -6.70. The predicted octanol–water partition coefficient (Wildman–Crippen LogP) is 13.4. The van der Waals surface area contributed by atoms with Gasteiger partial charge in [0.15, 0.2) is 0 Å². The van der Waals surface area contributed by atoms with Gasteiger partial charge in [-0.15, -0.1) is 0 Å². The summed E-state index contributed by atoms with van der Waals surface area (Å²) < 4.78 is 6.43. The molecule has 240 valence electrons. The molecule has 1 unspecified atom stereocenters. The second-order valence-corrected chi connectivity index (χ2v) is 14.3. The fourth-order valence-corrected chi connectivity index (χ4v) is 9.81. The van der Waals surface area contributed by atoms with Crippen molar-refractivity contribution < 1.29 is 4.74 Å². The number of para-hydroxylation sites is 1. The molecule has 0 radical (unpaired) electrons. The van der Waals surface area contributed by atoms with E-state index in [0.717, 1.165) is 17.1 Å². The van der Waals surface area contributed by atoms with Crippen molar-refractivity contribution in [1.82, 2.24) is 0 Å². The zero-order valence-corrected chi connectivity index (χ0v) is 28.2. The Morgan fingerprint density at radius 2 is 0.885 bits per heavy atom. The molecule has 3 aliphatic rings. The van der Waals surface area contributed by atoms with Crippen LogP contribution in [0.5, 0.6) is 11.5 Å². The lowest BCUT2D eigenvalue weighted by Crippen LogP contribution is -2.31. The summed E-state index contributed by atoms with van der Waals surface area (Å²) >= 11 is 0. The molecule has 0 bridgehead atoms. The summed E-state index contributed by atoms with van der Waals surface area (Å²) in [7, 11) is 0. The normalized spacial score (nSPS) is 15.5. The first-order chi connectivity index (χ1) is 25.8. The zero-order valence-electron chi connectivity index (χ0n) is 28.2. The number of fused-ring (bicyclic) bond motifs is 11. The van der Waals surface area contributed by atoms with Crippen LogP contribution in [-0.4, -0.2) is 0 Å². The monoisotopic (exact) mass is 658 g/mol. The maximum atomic E-state index is 6.43. The topological polar surface area (TPSA) is 9.23 Å². The molecule has 0 amide bonds. The van der Waals surface area contributed by atoms with E-state index in [2.05, 4.69) is 176 Å². The molecule has 9 aromatic carbocycles. The quantitative estimate of drug-likeness (QED) is 0.180. The molecule has 1 aliphatic heterocycles. The van der Waals surface area contributed by atoms with Crippen LogP contribution in [0, 0.1) is 0 Å². The molecular weight excluding hydrogens is 629 g/mol. The highest BCUT2D eigenvalue weighted by molar-refractivity contribution is 6.10. The average molecular weight is 659 g/mol. The molecule has 1 heterocycles. The van der Waals surface area contributed by atoms with Gasteiger partial charge in [-0.1, -0.05) is 158 Å². The van der Waals surface area contributed by atoms with Gasteiger partial charge in [-0.25, -0.2) is 0 Å². The van der Waals surface area contributed by atoms with Crippen molar-refractivity contribution in [3.63, 3.8) is 0 Å². The Labute approximate surface area is 302 Å². The summed E-state index contributed by atoms with van der Waals surface area (Å²) in [5.74, 6) is 1.83. The molecule has 0 saturated heterocycles. The third-order valence-corrected chi connectivity index (χ3v) is 11.9. The van der Waals surface area contributed by atoms with Gasteiger partial charge in [0.05, 0.1) is 5.41 Å². The summed E-state index contributed by atoms with van der Waals surface area (Å²) in [6.45, 7) is 0. The Balaban J connectivity index is 1.08. The second kappa shape index (κ2) is 10.2. The van der Waals surface area contributed by atoms with Crippen LogP contribution in [0.25, 0.3) is 77.2 Å². The summed E-state index contributed by atoms with van der Waals surface area (Å²) in [6, 6.07) is 67.4. The maximum Gasteiger partial charge on any atom is 0.135 e. The minimum absolute atomic E-state index is 0.434. The van der Waals surface area contributed by atoms with E-state index in [9.17, 15) is 0 Å². The summed E-state index contributed by atoms with van der Waals surface area (Å²) in [5.41, 5.74) is 17.4. The number of ether oxygens (including phenoxy) is 1. The molecule has 2 aliphatic carbocycles. The van der Waals surface area contributed by atoms with E-state index in [0.29, 0.717) is 0 Å². The molecule has 1 atom stereocenters. The number of rotatable bonds is 2. The van der Waals surface area contributed by atoms with Gasteiger partial charge in [0.25, 0.3) is 0 Å². The van der Waals surface area contributed by atoms with E-state index in [1.165, 1.54) is 93.9 Å². The fourth-order valence-electron chi connectivity index (χ4n) is 9.81. The van der Waals surface area contributed by atoms with Crippen molar-refractivity contribution >= 4 is 21.5 Å². The molecule has 9 aromatic rings. The fraction of sp³-hybridized carbons (Fsp3) is 0.0196. The first-order valence-corrected chi connectivity index (χ1v) is 18.1. The van der Waals surface area contributed by atoms with E-state index >= 15 is 0 Å². The maximum absolute atomic E-state index is 6.43.